The SMILES string of the molecule is COC(=O)Cc1cccc(CN(CCCN2C(=N)C(=C(N)N)NC2=O)C(=O)CNC(=O)OC(C)(C)C)c1. The molecule has 0 radical (unpaired) electrons. The van der Waals surface area contributed by atoms with Crippen molar-refractivity contribution in [3.63, 3.8) is 0 Å². The zero-order chi connectivity index (χ0) is 27.8. The van der Waals surface area contributed by atoms with Crippen molar-refractivity contribution in [1.82, 2.24) is 20.4 Å². The van der Waals surface area contributed by atoms with Crippen LogP contribution >= 0.6 is 0 Å². The predicted octanol–water partition coefficient (Wildman–Crippen LogP) is 0.734. The number of nitrogens with zero attached hydrogens (tertiary/aromatic N) is 2. The first-order valence-electron chi connectivity index (χ1n) is 11.6. The number of rotatable bonds is 10. The van der Waals surface area contributed by atoms with Crippen LogP contribution in [0.25, 0.3) is 0 Å². The highest BCUT2D eigenvalue weighted by molar-refractivity contribution is 6.13. The summed E-state index contributed by atoms with van der Waals surface area (Å²) in [5.41, 5.74) is 11.8. The maximum atomic E-state index is 13.0. The van der Waals surface area contributed by atoms with Crippen molar-refractivity contribution in [3.05, 3.63) is 46.9 Å². The summed E-state index contributed by atoms with van der Waals surface area (Å²) in [6.07, 6.45) is -0.306. The summed E-state index contributed by atoms with van der Waals surface area (Å²) in [5.74, 6) is -1.08. The number of esters is 1. The molecule has 13 heteroatoms. The van der Waals surface area contributed by atoms with Gasteiger partial charge in [0.15, 0.2) is 5.84 Å². The van der Waals surface area contributed by atoms with Crippen LogP contribution in [0.5, 0.6) is 0 Å². The quantitative estimate of drug-likeness (QED) is 0.280. The molecule has 0 atom stereocenters. The smallest absolute Gasteiger partial charge is 0.408 e. The highest BCUT2D eigenvalue weighted by Crippen LogP contribution is 2.14. The predicted molar refractivity (Wildman–Crippen MR) is 135 cm³/mol. The van der Waals surface area contributed by atoms with E-state index in [0.29, 0.717) is 6.42 Å². The zero-order valence-corrected chi connectivity index (χ0v) is 21.6. The second-order valence-corrected chi connectivity index (χ2v) is 9.36. The van der Waals surface area contributed by atoms with E-state index < -0.39 is 17.7 Å². The third-order valence-corrected chi connectivity index (χ3v) is 5.16. The second kappa shape index (κ2) is 12.6. The summed E-state index contributed by atoms with van der Waals surface area (Å²) < 4.78 is 9.90. The van der Waals surface area contributed by atoms with Gasteiger partial charge in [0.1, 0.15) is 23.7 Å². The highest BCUT2D eigenvalue weighted by atomic mass is 16.6. The fourth-order valence-electron chi connectivity index (χ4n) is 3.47. The lowest BCUT2D eigenvalue weighted by Crippen LogP contribution is -2.42. The van der Waals surface area contributed by atoms with E-state index in [2.05, 4.69) is 10.6 Å². The van der Waals surface area contributed by atoms with Gasteiger partial charge in [0.05, 0.1) is 13.5 Å². The molecule has 1 aromatic rings. The molecule has 1 aliphatic heterocycles. The standard InChI is InChI=1S/C24H35N7O6/c1-24(2,3)37-23(35)28-13-17(32)30(14-16-8-5-7-15(11-16)12-18(33)36-4)9-6-10-31-21(27)19(20(25)26)29-22(31)34/h5,7-8,11,27H,6,9-10,12-14,25-26H2,1-4H3,(H,28,35)(H,29,34). The summed E-state index contributed by atoms with van der Waals surface area (Å²) in [5, 5.41) is 13.0. The summed E-state index contributed by atoms with van der Waals surface area (Å²) in [6, 6.07) is 6.63. The van der Waals surface area contributed by atoms with E-state index in [9.17, 15) is 19.2 Å². The number of carbonyl (C=O) groups is 4. The fourth-order valence-corrected chi connectivity index (χ4v) is 3.47. The minimum Gasteiger partial charge on any atom is -0.469 e. The van der Waals surface area contributed by atoms with Crippen molar-refractivity contribution >= 4 is 29.8 Å². The molecule has 7 N–H and O–H groups in total. The number of carbonyl (C=O) groups excluding carboxylic acids is 4. The van der Waals surface area contributed by atoms with E-state index >= 15 is 0 Å². The Hall–Kier alpha value is -4.29. The van der Waals surface area contributed by atoms with E-state index in [1.807, 2.05) is 6.07 Å². The molecule has 1 aromatic carbocycles. The van der Waals surface area contributed by atoms with Gasteiger partial charge in [0.2, 0.25) is 5.91 Å². The number of nitrogens with one attached hydrogen (secondary N) is 3. The lowest BCUT2D eigenvalue weighted by atomic mass is 10.1. The summed E-state index contributed by atoms with van der Waals surface area (Å²) in [7, 11) is 1.31. The van der Waals surface area contributed by atoms with Crippen LogP contribution in [-0.2, 0) is 32.0 Å². The number of hydrogen-bond donors (Lipinski definition) is 5. The van der Waals surface area contributed by atoms with Gasteiger partial charge in [-0.15, -0.1) is 0 Å². The molecule has 202 valence electrons. The molecule has 2 rings (SSSR count). The monoisotopic (exact) mass is 517 g/mol. The van der Waals surface area contributed by atoms with Crippen molar-refractivity contribution in [3.8, 4) is 0 Å². The molecule has 0 aliphatic carbocycles. The van der Waals surface area contributed by atoms with Crippen molar-refractivity contribution in [2.24, 2.45) is 11.5 Å². The van der Waals surface area contributed by atoms with E-state index in [4.69, 9.17) is 26.4 Å². The van der Waals surface area contributed by atoms with Crippen LogP contribution in [0, 0.1) is 5.41 Å². The van der Waals surface area contributed by atoms with Crippen LogP contribution in [-0.4, -0.2) is 72.0 Å². The summed E-state index contributed by atoms with van der Waals surface area (Å²) in [4.78, 5) is 51.6. The van der Waals surface area contributed by atoms with Gasteiger partial charge in [-0.2, -0.15) is 0 Å². The molecule has 1 aliphatic rings. The Labute approximate surface area is 215 Å². The number of urea groups is 1. The number of alkyl carbamates (subject to hydrolysis) is 1. The van der Waals surface area contributed by atoms with Gasteiger partial charge in [-0.25, -0.2) is 9.59 Å². The third kappa shape index (κ3) is 9.02. The van der Waals surface area contributed by atoms with E-state index in [0.717, 1.165) is 11.1 Å². The lowest BCUT2D eigenvalue weighted by Gasteiger charge is -2.25. The molecule has 0 saturated carbocycles. The van der Waals surface area contributed by atoms with Crippen molar-refractivity contribution in [2.75, 3.05) is 26.7 Å². The Kier molecular flexibility index (Phi) is 9.86. The average Bonchev–Trinajstić information content (AvgIpc) is 3.09. The molecule has 0 unspecified atom stereocenters. The number of amides is 4. The third-order valence-electron chi connectivity index (χ3n) is 5.16. The highest BCUT2D eigenvalue weighted by Gasteiger charge is 2.31. The normalized spacial score (nSPS) is 13.2. The summed E-state index contributed by atoms with van der Waals surface area (Å²) in [6.45, 7) is 5.38. The van der Waals surface area contributed by atoms with Gasteiger partial charge in [-0.05, 0) is 38.3 Å². The van der Waals surface area contributed by atoms with Gasteiger partial charge in [0, 0.05) is 19.6 Å². The van der Waals surface area contributed by atoms with E-state index in [1.54, 1.807) is 39.0 Å². The molecule has 0 spiro atoms. The molecule has 0 aromatic heterocycles. The minimum absolute atomic E-state index is 0.0434. The van der Waals surface area contributed by atoms with Crippen LogP contribution in [0.2, 0.25) is 0 Å². The van der Waals surface area contributed by atoms with E-state index in [-0.39, 0.29) is 61.8 Å². The first kappa shape index (κ1) is 28.9. The van der Waals surface area contributed by atoms with Crippen LogP contribution in [0.1, 0.15) is 38.3 Å². The second-order valence-electron chi connectivity index (χ2n) is 9.36. The van der Waals surface area contributed by atoms with Gasteiger partial charge in [0.25, 0.3) is 0 Å². The number of hydrogen-bond acceptors (Lipinski definition) is 9. The zero-order valence-electron chi connectivity index (χ0n) is 21.6. The van der Waals surface area contributed by atoms with Crippen molar-refractivity contribution in [1.29, 1.82) is 5.41 Å². The Morgan fingerprint density at radius 2 is 1.86 bits per heavy atom. The molecule has 1 fully saturated rings. The minimum atomic E-state index is -0.721. The van der Waals surface area contributed by atoms with E-state index in [1.165, 1.54) is 16.9 Å². The average molecular weight is 518 g/mol. The first-order valence-corrected chi connectivity index (χ1v) is 11.6. The Morgan fingerprint density at radius 1 is 1.19 bits per heavy atom. The first-order chi connectivity index (χ1) is 17.3. The van der Waals surface area contributed by atoms with Crippen molar-refractivity contribution < 1.29 is 28.7 Å². The fraction of sp³-hybridized carbons (Fsp3) is 0.458. The van der Waals surface area contributed by atoms with Crippen molar-refractivity contribution in [2.45, 2.75) is 45.8 Å². The molecule has 13 nitrogen and oxygen atoms in total. The van der Waals surface area contributed by atoms with Crippen LogP contribution in [0.3, 0.4) is 0 Å². The Bertz CT molecular complexity index is 1080. The molecular formula is C24H35N7O6. The van der Waals surface area contributed by atoms with Gasteiger partial charge in [-0.3, -0.25) is 19.9 Å². The Morgan fingerprint density at radius 3 is 2.46 bits per heavy atom. The lowest BCUT2D eigenvalue weighted by molar-refractivity contribution is -0.139. The molecule has 1 heterocycles. The maximum absolute atomic E-state index is 13.0. The molecule has 37 heavy (non-hydrogen) atoms. The number of nitrogens with two attached hydrogens (primary N) is 2. The number of amidine groups is 1. The van der Waals surface area contributed by atoms with Gasteiger partial charge in [-0.1, -0.05) is 24.3 Å². The molecule has 1 saturated heterocycles. The molecule has 0 bridgehead atoms. The Balaban J connectivity index is 2.10. The number of benzene rings is 1. The maximum Gasteiger partial charge on any atom is 0.408 e. The van der Waals surface area contributed by atoms with Crippen LogP contribution in [0.4, 0.5) is 9.59 Å². The van der Waals surface area contributed by atoms with Crippen LogP contribution < -0.4 is 22.1 Å². The van der Waals surface area contributed by atoms with Crippen LogP contribution in [0.15, 0.2) is 35.8 Å². The topological polar surface area (TPSA) is 193 Å². The van der Waals surface area contributed by atoms with Gasteiger partial charge >= 0.3 is 18.1 Å². The number of methoxy groups -OCH3 is 1. The number of ether oxygens (including phenoxy) is 2. The summed E-state index contributed by atoms with van der Waals surface area (Å²) >= 11 is 0. The van der Waals surface area contributed by atoms with Gasteiger partial charge < -0.3 is 36.5 Å². The molecular weight excluding hydrogens is 482 g/mol. The molecule has 4 amide bonds. The largest absolute Gasteiger partial charge is 0.469 e.